The molecule has 0 aliphatic carbocycles. The Morgan fingerprint density at radius 1 is 1.05 bits per heavy atom. The maximum absolute atomic E-state index is 12.0. The van der Waals surface area contributed by atoms with Crippen LogP contribution in [0.15, 0.2) is 54.6 Å². The van der Waals surface area contributed by atoms with Crippen molar-refractivity contribution >= 4 is 11.6 Å². The average molecular weight is 266 g/mol. The standard InChI is InChI=1S/C17H18N2O/c20-17(14-4-2-1-3-5-14)19-16-8-6-13(7-9-16)15-10-11-18-12-15/h1-9,15,18H,10-12H2,(H,19,20)/t15-/m1/s1. The van der Waals surface area contributed by atoms with Gasteiger partial charge in [0.2, 0.25) is 0 Å². The lowest BCUT2D eigenvalue weighted by molar-refractivity contribution is 0.102. The molecular weight excluding hydrogens is 248 g/mol. The minimum Gasteiger partial charge on any atom is -0.322 e. The number of hydrogen-bond acceptors (Lipinski definition) is 2. The Balaban J connectivity index is 1.67. The average Bonchev–Trinajstić information content (AvgIpc) is 3.03. The van der Waals surface area contributed by atoms with Crippen LogP contribution in [0, 0.1) is 0 Å². The second-order valence-electron chi connectivity index (χ2n) is 5.13. The fourth-order valence-corrected chi connectivity index (χ4v) is 2.57. The number of rotatable bonds is 3. The monoisotopic (exact) mass is 266 g/mol. The van der Waals surface area contributed by atoms with E-state index in [2.05, 4.69) is 22.8 Å². The summed E-state index contributed by atoms with van der Waals surface area (Å²) in [6.07, 6.45) is 1.19. The molecule has 1 saturated heterocycles. The van der Waals surface area contributed by atoms with Crippen LogP contribution in [0.4, 0.5) is 5.69 Å². The summed E-state index contributed by atoms with van der Waals surface area (Å²) < 4.78 is 0. The number of carbonyl (C=O) groups is 1. The van der Waals surface area contributed by atoms with Crippen molar-refractivity contribution in [3.05, 3.63) is 65.7 Å². The lowest BCUT2D eigenvalue weighted by atomic mass is 9.98. The highest BCUT2D eigenvalue weighted by atomic mass is 16.1. The van der Waals surface area contributed by atoms with E-state index in [1.54, 1.807) is 0 Å². The van der Waals surface area contributed by atoms with Gasteiger partial charge < -0.3 is 10.6 Å². The number of anilines is 1. The Bertz CT molecular complexity index is 572. The molecule has 102 valence electrons. The maximum Gasteiger partial charge on any atom is 0.255 e. The van der Waals surface area contributed by atoms with Gasteiger partial charge in [-0.25, -0.2) is 0 Å². The van der Waals surface area contributed by atoms with Crippen LogP contribution in [0.5, 0.6) is 0 Å². The van der Waals surface area contributed by atoms with Gasteiger partial charge >= 0.3 is 0 Å². The lowest BCUT2D eigenvalue weighted by Crippen LogP contribution is -2.12. The van der Waals surface area contributed by atoms with Crippen LogP contribution in [-0.4, -0.2) is 19.0 Å². The van der Waals surface area contributed by atoms with E-state index in [-0.39, 0.29) is 5.91 Å². The molecule has 0 bridgehead atoms. The molecule has 0 radical (unpaired) electrons. The van der Waals surface area contributed by atoms with Crippen molar-refractivity contribution in [2.75, 3.05) is 18.4 Å². The minimum absolute atomic E-state index is 0.0686. The summed E-state index contributed by atoms with van der Waals surface area (Å²) in [5.41, 5.74) is 2.86. The molecule has 1 fully saturated rings. The van der Waals surface area contributed by atoms with Crippen molar-refractivity contribution in [1.82, 2.24) is 5.32 Å². The second-order valence-corrected chi connectivity index (χ2v) is 5.13. The summed E-state index contributed by atoms with van der Waals surface area (Å²) in [4.78, 5) is 12.0. The number of nitrogens with one attached hydrogen (secondary N) is 2. The predicted molar refractivity (Wildman–Crippen MR) is 81.1 cm³/mol. The SMILES string of the molecule is O=C(Nc1ccc([C@@H]2CCNC2)cc1)c1ccccc1. The summed E-state index contributed by atoms with van der Waals surface area (Å²) in [5.74, 6) is 0.537. The summed E-state index contributed by atoms with van der Waals surface area (Å²) in [5, 5.41) is 6.29. The van der Waals surface area contributed by atoms with Gasteiger partial charge in [-0.05, 0) is 48.7 Å². The lowest BCUT2D eigenvalue weighted by Gasteiger charge is -2.10. The first-order chi connectivity index (χ1) is 9.83. The van der Waals surface area contributed by atoms with Crippen LogP contribution in [0.3, 0.4) is 0 Å². The highest BCUT2D eigenvalue weighted by molar-refractivity contribution is 6.04. The van der Waals surface area contributed by atoms with E-state index in [0.717, 1.165) is 18.8 Å². The smallest absolute Gasteiger partial charge is 0.255 e. The van der Waals surface area contributed by atoms with Crippen molar-refractivity contribution in [2.45, 2.75) is 12.3 Å². The zero-order valence-electron chi connectivity index (χ0n) is 11.3. The molecule has 3 heteroatoms. The molecule has 1 heterocycles. The second kappa shape index (κ2) is 5.88. The van der Waals surface area contributed by atoms with E-state index in [1.165, 1.54) is 12.0 Å². The number of carbonyl (C=O) groups excluding carboxylic acids is 1. The van der Waals surface area contributed by atoms with Crippen molar-refractivity contribution in [3.63, 3.8) is 0 Å². The molecule has 1 amide bonds. The first-order valence-corrected chi connectivity index (χ1v) is 7.00. The zero-order valence-corrected chi connectivity index (χ0v) is 11.3. The fourth-order valence-electron chi connectivity index (χ4n) is 2.57. The van der Waals surface area contributed by atoms with Crippen LogP contribution < -0.4 is 10.6 Å². The molecule has 2 aromatic rings. The first kappa shape index (κ1) is 12.9. The van der Waals surface area contributed by atoms with E-state index in [1.807, 2.05) is 42.5 Å². The van der Waals surface area contributed by atoms with Crippen LogP contribution in [0.25, 0.3) is 0 Å². The van der Waals surface area contributed by atoms with Gasteiger partial charge in [0.1, 0.15) is 0 Å². The third kappa shape index (κ3) is 2.89. The van der Waals surface area contributed by atoms with Crippen molar-refractivity contribution in [3.8, 4) is 0 Å². The molecule has 0 aromatic heterocycles. The molecule has 1 aliphatic rings. The van der Waals surface area contributed by atoms with E-state index < -0.39 is 0 Å². The first-order valence-electron chi connectivity index (χ1n) is 7.00. The Hall–Kier alpha value is -2.13. The highest BCUT2D eigenvalue weighted by Gasteiger charge is 2.16. The fraction of sp³-hybridized carbons (Fsp3) is 0.235. The minimum atomic E-state index is -0.0686. The van der Waals surface area contributed by atoms with Gasteiger partial charge in [-0.15, -0.1) is 0 Å². The number of hydrogen-bond donors (Lipinski definition) is 2. The van der Waals surface area contributed by atoms with Crippen molar-refractivity contribution in [1.29, 1.82) is 0 Å². The Labute approximate surface area is 119 Å². The molecule has 0 unspecified atom stereocenters. The quantitative estimate of drug-likeness (QED) is 0.896. The van der Waals surface area contributed by atoms with Gasteiger partial charge in [-0.2, -0.15) is 0 Å². The molecular formula is C17H18N2O. The van der Waals surface area contributed by atoms with Gasteiger partial charge in [0.15, 0.2) is 0 Å². The van der Waals surface area contributed by atoms with E-state index in [9.17, 15) is 4.79 Å². The molecule has 2 N–H and O–H groups in total. The summed E-state index contributed by atoms with van der Waals surface area (Å²) >= 11 is 0. The van der Waals surface area contributed by atoms with Crippen LogP contribution >= 0.6 is 0 Å². The van der Waals surface area contributed by atoms with Crippen molar-refractivity contribution < 1.29 is 4.79 Å². The Morgan fingerprint density at radius 3 is 2.45 bits per heavy atom. The van der Waals surface area contributed by atoms with Crippen LogP contribution in [0.2, 0.25) is 0 Å². The van der Waals surface area contributed by atoms with Gasteiger partial charge in [0.25, 0.3) is 5.91 Å². The zero-order chi connectivity index (χ0) is 13.8. The normalized spacial score (nSPS) is 17.9. The third-order valence-electron chi connectivity index (χ3n) is 3.74. The number of benzene rings is 2. The summed E-state index contributed by atoms with van der Waals surface area (Å²) in [6.45, 7) is 2.15. The summed E-state index contributed by atoms with van der Waals surface area (Å²) in [7, 11) is 0. The molecule has 0 spiro atoms. The van der Waals surface area contributed by atoms with E-state index >= 15 is 0 Å². The van der Waals surface area contributed by atoms with Crippen LogP contribution in [-0.2, 0) is 0 Å². The molecule has 2 aromatic carbocycles. The van der Waals surface area contributed by atoms with Gasteiger partial charge in [0.05, 0.1) is 0 Å². The molecule has 0 saturated carbocycles. The topological polar surface area (TPSA) is 41.1 Å². The molecule has 1 atom stereocenters. The van der Waals surface area contributed by atoms with Gasteiger partial charge in [-0.3, -0.25) is 4.79 Å². The molecule has 3 rings (SSSR count). The Kier molecular flexibility index (Phi) is 3.79. The molecule has 20 heavy (non-hydrogen) atoms. The van der Waals surface area contributed by atoms with Gasteiger partial charge in [0, 0.05) is 17.8 Å². The van der Waals surface area contributed by atoms with E-state index in [0.29, 0.717) is 11.5 Å². The molecule has 3 nitrogen and oxygen atoms in total. The number of amides is 1. The highest BCUT2D eigenvalue weighted by Crippen LogP contribution is 2.23. The third-order valence-corrected chi connectivity index (χ3v) is 3.74. The van der Waals surface area contributed by atoms with Crippen molar-refractivity contribution in [2.24, 2.45) is 0 Å². The van der Waals surface area contributed by atoms with E-state index in [4.69, 9.17) is 0 Å². The molecule has 1 aliphatic heterocycles. The Morgan fingerprint density at radius 2 is 1.80 bits per heavy atom. The van der Waals surface area contributed by atoms with Crippen LogP contribution in [0.1, 0.15) is 28.3 Å². The maximum atomic E-state index is 12.0. The summed E-state index contributed by atoms with van der Waals surface area (Å²) in [6, 6.07) is 17.4. The predicted octanol–water partition coefficient (Wildman–Crippen LogP) is 3.02. The largest absolute Gasteiger partial charge is 0.322 e. The van der Waals surface area contributed by atoms with Gasteiger partial charge in [-0.1, -0.05) is 30.3 Å².